The fourth-order valence-corrected chi connectivity index (χ4v) is 5.44. The number of rotatable bonds is 12. The molecule has 2 rings (SSSR count). The van der Waals surface area contributed by atoms with E-state index in [0.29, 0.717) is 17.9 Å². The maximum Gasteiger partial charge on any atom is 0.253 e. The topological polar surface area (TPSA) is 23.6 Å². The zero-order chi connectivity index (χ0) is 25.3. The molecule has 1 aromatic rings. The van der Waals surface area contributed by atoms with Crippen molar-refractivity contribution >= 4 is 11.5 Å². The van der Waals surface area contributed by atoms with Crippen molar-refractivity contribution < 1.29 is 4.79 Å². The molecule has 3 nitrogen and oxygen atoms in total. The SMILES string of the molecule is CCC/C(=C\CC(C)C)c1c(C)cc(C(=O)N2CCC(CN(CCC)C(C)CC)CC2)cc1C. The lowest BCUT2D eigenvalue weighted by Crippen LogP contribution is -2.43. The predicted octanol–water partition coefficient (Wildman–Crippen LogP) is 7.90. The molecule has 0 N–H and O–H groups in total. The standard InChI is InChI=1S/C31H52N2O/c1-9-12-28(14-13-23(4)5)30-24(6)20-29(21-25(30)7)31(34)32-18-15-27(16-19-32)22-33(17-10-2)26(8)11-3/h14,20-21,23,26-27H,9-13,15-19,22H2,1-8H3/b28-14+. The maximum absolute atomic E-state index is 13.4. The normalized spacial score (nSPS) is 16.5. The van der Waals surface area contributed by atoms with Crippen molar-refractivity contribution in [1.29, 1.82) is 0 Å². The van der Waals surface area contributed by atoms with Crippen molar-refractivity contribution in [1.82, 2.24) is 9.80 Å². The van der Waals surface area contributed by atoms with Crippen LogP contribution in [0.25, 0.3) is 5.57 Å². The fourth-order valence-electron chi connectivity index (χ4n) is 5.44. The summed E-state index contributed by atoms with van der Waals surface area (Å²) in [6, 6.07) is 4.93. The third kappa shape index (κ3) is 7.97. The summed E-state index contributed by atoms with van der Waals surface area (Å²) < 4.78 is 0. The molecule has 1 aliphatic heterocycles. The zero-order valence-corrected chi connectivity index (χ0v) is 23.5. The Kier molecular flexibility index (Phi) is 11.8. The Balaban J connectivity index is 2.09. The molecule has 1 aromatic carbocycles. The number of hydrogen-bond acceptors (Lipinski definition) is 2. The zero-order valence-electron chi connectivity index (χ0n) is 23.5. The third-order valence-corrected chi connectivity index (χ3v) is 7.58. The average Bonchev–Trinajstić information content (AvgIpc) is 2.81. The Labute approximate surface area is 211 Å². The Morgan fingerprint density at radius 1 is 1.06 bits per heavy atom. The lowest BCUT2D eigenvalue weighted by Gasteiger charge is -2.37. The van der Waals surface area contributed by atoms with Crippen LogP contribution >= 0.6 is 0 Å². The van der Waals surface area contributed by atoms with Gasteiger partial charge in [-0.3, -0.25) is 4.79 Å². The molecule has 1 heterocycles. The monoisotopic (exact) mass is 468 g/mol. The van der Waals surface area contributed by atoms with E-state index < -0.39 is 0 Å². The van der Waals surface area contributed by atoms with Gasteiger partial charge in [0.1, 0.15) is 0 Å². The van der Waals surface area contributed by atoms with Crippen LogP contribution < -0.4 is 0 Å². The summed E-state index contributed by atoms with van der Waals surface area (Å²) in [7, 11) is 0. The van der Waals surface area contributed by atoms with E-state index in [2.05, 4.69) is 83.4 Å². The molecule has 1 atom stereocenters. The van der Waals surface area contributed by atoms with Crippen molar-refractivity contribution in [2.75, 3.05) is 26.2 Å². The highest BCUT2D eigenvalue weighted by atomic mass is 16.2. The molecule has 1 amide bonds. The number of allylic oxidation sites excluding steroid dienone is 2. The van der Waals surface area contributed by atoms with Crippen LogP contribution in [0, 0.1) is 25.7 Å². The molecule has 1 aliphatic rings. The average molecular weight is 469 g/mol. The largest absolute Gasteiger partial charge is 0.339 e. The number of benzene rings is 1. The number of hydrogen-bond donors (Lipinski definition) is 0. The molecule has 0 radical (unpaired) electrons. The van der Waals surface area contributed by atoms with Gasteiger partial charge in [0.2, 0.25) is 0 Å². The highest BCUT2D eigenvalue weighted by Crippen LogP contribution is 2.30. The first kappa shape index (κ1) is 28.6. The van der Waals surface area contributed by atoms with Crippen molar-refractivity contribution in [3.8, 4) is 0 Å². The number of piperidine rings is 1. The van der Waals surface area contributed by atoms with Gasteiger partial charge in [-0.15, -0.1) is 0 Å². The smallest absolute Gasteiger partial charge is 0.253 e. The summed E-state index contributed by atoms with van der Waals surface area (Å²) in [4.78, 5) is 18.2. The first-order valence-corrected chi connectivity index (χ1v) is 14.1. The number of aryl methyl sites for hydroxylation is 2. The Hall–Kier alpha value is -1.61. The molecule has 0 bridgehead atoms. The van der Waals surface area contributed by atoms with Gasteiger partial charge >= 0.3 is 0 Å². The minimum atomic E-state index is 0.215. The van der Waals surface area contributed by atoms with Crippen LogP contribution in [0.15, 0.2) is 18.2 Å². The summed E-state index contributed by atoms with van der Waals surface area (Å²) >= 11 is 0. The Morgan fingerprint density at radius 3 is 2.18 bits per heavy atom. The number of likely N-dealkylation sites (tertiary alicyclic amines) is 1. The second-order valence-corrected chi connectivity index (χ2v) is 11.1. The minimum absolute atomic E-state index is 0.215. The minimum Gasteiger partial charge on any atom is -0.339 e. The van der Waals surface area contributed by atoms with Crippen LogP contribution in [0.2, 0.25) is 0 Å². The summed E-state index contributed by atoms with van der Waals surface area (Å²) in [5.74, 6) is 1.58. The van der Waals surface area contributed by atoms with E-state index in [-0.39, 0.29) is 5.91 Å². The molecule has 0 aromatic heterocycles. The molecule has 192 valence electrons. The Bertz CT molecular complexity index is 779. The lowest BCUT2D eigenvalue weighted by atomic mass is 9.89. The van der Waals surface area contributed by atoms with Gasteiger partial charge in [0.05, 0.1) is 0 Å². The van der Waals surface area contributed by atoms with Crippen molar-refractivity contribution in [2.45, 2.75) is 106 Å². The molecule has 0 aliphatic carbocycles. The molecule has 0 spiro atoms. The first-order chi connectivity index (χ1) is 16.2. The van der Waals surface area contributed by atoms with Crippen molar-refractivity contribution in [2.24, 2.45) is 11.8 Å². The van der Waals surface area contributed by atoms with Crippen LogP contribution in [-0.2, 0) is 0 Å². The van der Waals surface area contributed by atoms with E-state index in [1.54, 1.807) is 0 Å². The second-order valence-electron chi connectivity index (χ2n) is 11.1. The van der Waals surface area contributed by atoms with Gasteiger partial charge in [0, 0.05) is 31.2 Å². The first-order valence-electron chi connectivity index (χ1n) is 14.1. The van der Waals surface area contributed by atoms with E-state index in [1.165, 1.54) is 48.2 Å². The van der Waals surface area contributed by atoms with E-state index in [9.17, 15) is 4.79 Å². The van der Waals surface area contributed by atoms with Gasteiger partial charge in [0.15, 0.2) is 0 Å². The van der Waals surface area contributed by atoms with Gasteiger partial charge in [0.25, 0.3) is 5.91 Å². The van der Waals surface area contributed by atoms with Gasteiger partial charge in [-0.25, -0.2) is 0 Å². The van der Waals surface area contributed by atoms with Crippen molar-refractivity contribution in [3.05, 3.63) is 40.5 Å². The number of carbonyl (C=O) groups is 1. The van der Waals surface area contributed by atoms with Gasteiger partial charge in [-0.2, -0.15) is 0 Å². The predicted molar refractivity (Wildman–Crippen MR) is 149 cm³/mol. The van der Waals surface area contributed by atoms with Gasteiger partial charge in [-0.05, 0) is 112 Å². The van der Waals surface area contributed by atoms with Crippen LogP contribution in [0.3, 0.4) is 0 Å². The number of nitrogens with zero attached hydrogens (tertiary/aromatic N) is 2. The van der Waals surface area contributed by atoms with Crippen LogP contribution in [0.4, 0.5) is 0 Å². The summed E-state index contributed by atoms with van der Waals surface area (Å²) in [6.07, 6.45) is 10.4. The fraction of sp³-hybridized carbons (Fsp3) is 0.710. The molecule has 1 fully saturated rings. The Morgan fingerprint density at radius 2 is 1.68 bits per heavy atom. The lowest BCUT2D eigenvalue weighted by molar-refractivity contribution is 0.0650. The summed E-state index contributed by atoms with van der Waals surface area (Å²) in [5, 5.41) is 0. The third-order valence-electron chi connectivity index (χ3n) is 7.58. The highest BCUT2D eigenvalue weighted by molar-refractivity contribution is 5.95. The highest BCUT2D eigenvalue weighted by Gasteiger charge is 2.26. The van der Waals surface area contributed by atoms with Gasteiger partial charge < -0.3 is 9.80 Å². The number of carbonyl (C=O) groups excluding carboxylic acids is 1. The molecule has 3 heteroatoms. The van der Waals surface area contributed by atoms with Crippen molar-refractivity contribution in [3.63, 3.8) is 0 Å². The van der Waals surface area contributed by atoms with E-state index in [1.807, 2.05) is 0 Å². The van der Waals surface area contributed by atoms with Crippen LogP contribution in [-0.4, -0.2) is 47.9 Å². The number of amides is 1. The van der Waals surface area contributed by atoms with Crippen LogP contribution in [0.5, 0.6) is 0 Å². The summed E-state index contributed by atoms with van der Waals surface area (Å²) in [6.45, 7) is 22.2. The molecular formula is C31H52N2O. The van der Waals surface area contributed by atoms with Gasteiger partial charge in [-0.1, -0.05) is 47.1 Å². The molecule has 0 saturated carbocycles. The maximum atomic E-state index is 13.4. The van der Waals surface area contributed by atoms with E-state index in [4.69, 9.17) is 0 Å². The van der Waals surface area contributed by atoms with E-state index in [0.717, 1.165) is 50.8 Å². The van der Waals surface area contributed by atoms with E-state index >= 15 is 0 Å². The molecule has 1 saturated heterocycles. The molecule has 1 unspecified atom stereocenters. The molecule has 34 heavy (non-hydrogen) atoms. The summed E-state index contributed by atoms with van der Waals surface area (Å²) in [5.41, 5.74) is 6.16. The van der Waals surface area contributed by atoms with Crippen LogP contribution in [0.1, 0.15) is 114 Å². The second kappa shape index (κ2) is 14.1. The quantitative estimate of drug-likeness (QED) is 0.311. The molecular weight excluding hydrogens is 416 g/mol.